The van der Waals surface area contributed by atoms with Gasteiger partial charge in [-0.1, -0.05) is 31.2 Å². The van der Waals surface area contributed by atoms with E-state index in [4.69, 9.17) is 5.26 Å². The number of benzene rings is 1. The van der Waals surface area contributed by atoms with Crippen LogP contribution >= 0.6 is 11.3 Å². The Morgan fingerprint density at radius 3 is 2.58 bits per heavy atom. The number of rotatable bonds is 5. The molecule has 1 amide bonds. The lowest BCUT2D eigenvalue weighted by molar-refractivity contribution is 0.0934. The van der Waals surface area contributed by atoms with E-state index in [1.165, 1.54) is 16.9 Å². The van der Waals surface area contributed by atoms with Gasteiger partial charge >= 0.3 is 0 Å². The summed E-state index contributed by atoms with van der Waals surface area (Å²) in [4.78, 5) is 24.8. The standard InChI is InChI=1S/C24H25N5OS/c1-3-17-4-7-19(8-5-17)24-27-16(2)22(31-24)23(30)28-20-10-12-29(13-11-20)21-9-6-18(14-25)15-26-21/h4-9,15,20H,3,10-13H2,1-2H3,(H,28,30). The van der Waals surface area contributed by atoms with Gasteiger partial charge in [-0.15, -0.1) is 11.3 Å². The summed E-state index contributed by atoms with van der Waals surface area (Å²) in [7, 11) is 0. The Hall–Kier alpha value is -3.24. The largest absolute Gasteiger partial charge is 0.356 e. The predicted octanol–water partition coefficient (Wildman–Crippen LogP) is 4.35. The minimum Gasteiger partial charge on any atom is -0.356 e. The van der Waals surface area contributed by atoms with Crippen molar-refractivity contribution in [3.63, 3.8) is 0 Å². The van der Waals surface area contributed by atoms with Crippen LogP contribution in [0.3, 0.4) is 0 Å². The smallest absolute Gasteiger partial charge is 0.263 e. The van der Waals surface area contributed by atoms with E-state index in [-0.39, 0.29) is 11.9 Å². The number of piperidine rings is 1. The Morgan fingerprint density at radius 1 is 1.23 bits per heavy atom. The first kappa shape index (κ1) is 21.0. The molecular weight excluding hydrogens is 406 g/mol. The Morgan fingerprint density at radius 2 is 1.97 bits per heavy atom. The number of hydrogen-bond donors (Lipinski definition) is 1. The summed E-state index contributed by atoms with van der Waals surface area (Å²) in [6, 6.07) is 14.3. The molecule has 1 aliphatic heterocycles. The summed E-state index contributed by atoms with van der Waals surface area (Å²) in [5.74, 6) is 0.835. The van der Waals surface area contributed by atoms with Crippen LogP contribution in [0.15, 0.2) is 42.6 Å². The third-order valence-corrected chi connectivity index (χ3v) is 6.85. The minimum absolute atomic E-state index is 0.0404. The lowest BCUT2D eigenvalue weighted by atomic mass is 10.0. The van der Waals surface area contributed by atoms with Gasteiger partial charge in [0.25, 0.3) is 5.91 Å². The second-order valence-corrected chi connectivity index (χ2v) is 8.73. The molecule has 1 N–H and O–H groups in total. The number of nitrogens with zero attached hydrogens (tertiary/aromatic N) is 4. The van der Waals surface area contributed by atoms with Crippen molar-refractivity contribution in [2.45, 2.75) is 39.2 Å². The summed E-state index contributed by atoms with van der Waals surface area (Å²) < 4.78 is 0. The maximum absolute atomic E-state index is 12.9. The summed E-state index contributed by atoms with van der Waals surface area (Å²) in [5, 5.41) is 13.0. The van der Waals surface area contributed by atoms with Crippen molar-refractivity contribution in [1.82, 2.24) is 15.3 Å². The van der Waals surface area contributed by atoms with Gasteiger partial charge in [0, 0.05) is 30.9 Å². The number of amides is 1. The molecule has 0 bridgehead atoms. The number of aromatic nitrogens is 2. The second-order valence-electron chi connectivity index (χ2n) is 7.74. The molecule has 0 atom stereocenters. The molecule has 0 unspecified atom stereocenters. The zero-order chi connectivity index (χ0) is 21.8. The Kier molecular flexibility index (Phi) is 6.28. The van der Waals surface area contributed by atoms with Crippen molar-refractivity contribution >= 4 is 23.1 Å². The normalized spacial score (nSPS) is 14.3. The number of anilines is 1. The quantitative estimate of drug-likeness (QED) is 0.650. The molecule has 0 spiro atoms. The molecule has 3 heterocycles. The third-order valence-electron chi connectivity index (χ3n) is 5.64. The number of hydrogen-bond acceptors (Lipinski definition) is 6. The van der Waals surface area contributed by atoms with Crippen molar-refractivity contribution < 1.29 is 4.79 Å². The molecule has 0 aliphatic carbocycles. The molecule has 1 aliphatic rings. The van der Waals surface area contributed by atoms with Crippen molar-refractivity contribution in [1.29, 1.82) is 5.26 Å². The molecule has 2 aromatic heterocycles. The zero-order valence-electron chi connectivity index (χ0n) is 17.8. The number of thiazole rings is 1. The highest BCUT2D eigenvalue weighted by molar-refractivity contribution is 7.17. The first-order valence-electron chi connectivity index (χ1n) is 10.6. The van der Waals surface area contributed by atoms with Crippen LogP contribution in [0.4, 0.5) is 5.82 Å². The summed E-state index contributed by atoms with van der Waals surface area (Å²) >= 11 is 1.45. The van der Waals surface area contributed by atoms with Crippen LogP contribution in [-0.4, -0.2) is 35.0 Å². The van der Waals surface area contributed by atoms with Gasteiger partial charge in [-0.3, -0.25) is 4.79 Å². The van der Waals surface area contributed by atoms with E-state index in [9.17, 15) is 4.79 Å². The minimum atomic E-state index is -0.0404. The third kappa shape index (κ3) is 4.75. The molecular formula is C24H25N5OS. The fraction of sp³-hybridized carbons (Fsp3) is 0.333. The second kappa shape index (κ2) is 9.27. The van der Waals surface area contributed by atoms with Crippen LogP contribution in [0, 0.1) is 18.3 Å². The highest BCUT2D eigenvalue weighted by Gasteiger charge is 2.24. The van der Waals surface area contributed by atoms with Crippen LogP contribution in [0.25, 0.3) is 10.6 Å². The molecule has 0 saturated carbocycles. The Bertz CT molecular complexity index is 1090. The number of carbonyl (C=O) groups is 1. The number of aryl methyl sites for hydroxylation is 2. The summed E-state index contributed by atoms with van der Waals surface area (Å²) in [6.45, 7) is 5.67. The first-order valence-corrected chi connectivity index (χ1v) is 11.4. The van der Waals surface area contributed by atoms with Crippen LogP contribution < -0.4 is 10.2 Å². The fourth-order valence-corrected chi connectivity index (χ4v) is 4.73. The van der Waals surface area contributed by atoms with Gasteiger partial charge in [0.15, 0.2) is 0 Å². The van der Waals surface area contributed by atoms with E-state index in [2.05, 4.69) is 57.4 Å². The number of carbonyl (C=O) groups excluding carboxylic acids is 1. The molecule has 7 heteroatoms. The van der Waals surface area contributed by atoms with Crippen LogP contribution in [0.2, 0.25) is 0 Å². The van der Waals surface area contributed by atoms with Gasteiger partial charge in [0.2, 0.25) is 0 Å². The summed E-state index contributed by atoms with van der Waals surface area (Å²) in [6.07, 6.45) is 4.32. The Balaban J connectivity index is 1.36. The van der Waals surface area contributed by atoms with Crippen LogP contribution in [0.1, 0.15) is 46.3 Å². The van der Waals surface area contributed by atoms with E-state index < -0.39 is 0 Å². The van der Waals surface area contributed by atoms with Crippen LogP contribution in [0.5, 0.6) is 0 Å². The lowest BCUT2D eigenvalue weighted by Gasteiger charge is -2.33. The van der Waals surface area contributed by atoms with E-state index in [0.29, 0.717) is 10.4 Å². The monoisotopic (exact) mass is 431 g/mol. The van der Waals surface area contributed by atoms with Gasteiger partial charge in [-0.25, -0.2) is 9.97 Å². The highest BCUT2D eigenvalue weighted by atomic mass is 32.1. The molecule has 3 aromatic rings. The number of pyridine rings is 1. The first-order chi connectivity index (χ1) is 15.1. The van der Waals surface area contributed by atoms with Crippen molar-refractivity contribution in [2.75, 3.05) is 18.0 Å². The van der Waals surface area contributed by atoms with Crippen LogP contribution in [-0.2, 0) is 6.42 Å². The van der Waals surface area contributed by atoms with E-state index in [1.807, 2.05) is 13.0 Å². The number of nitriles is 1. The molecule has 1 saturated heterocycles. The lowest BCUT2D eigenvalue weighted by Crippen LogP contribution is -2.44. The van der Waals surface area contributed by atoms with Gasteiger partial charge in [0.05, 0.1) is 11.3 Å². The van der Waals surface area contributed by atoms with Crippen molar-refractivity contribution in [3.8, 4) is 16.6 Å². The topological polar surface area (TPSA) is 81.9 Å². The fourth-order valence-electron chi connectivity index (χ4n) is 3.76. The number of nitrogens with one attached hydrogen (secondary N) is 1. The van der Waals surface area contributed by atoms with Gasteiger partial charge < -0.3 is 10.2 Å². The van der Waals surface area contributed by atoms with E-state index in [1.54, 1.807) is 12.3 Å². The van der Waals surface area contributed by atoms with Gasteiger partial charge in [0.1, 0.15) is 21.8 Å². The molecule has 31 heavy (non-hydrogen) atoms. The Labute approximate surface area is 186 Å². The maximum Gasteiger partial charge on any atom is 0.263 e. The van der Waals surface area contributed by atoms with Gasteiger partial charge in [-0.05, 0) is 43.9 Å². The average molecular weight is 432 g/mol. The van der Waals surface area contributed by atoms with Crippen molar-refractivity contribution in [3.05, 3.63) is 64.3 Å². The molecule has 158 valence electrons. The SMILES string of the molecule is CCc1ccc(-c2nc(C)c(C(=O)NC3CCN(c4ccc(C#N)cn4)CC3)s2)cc1. The highest BCUT2D eigenvalue weighted by Crippen LogP contribution is 2.28. The molecule has 4 rings (SSSR count). The zero-order valence-corrected chi connectivity index (χ0v) is 18.6. The van der Waals surface area contributed by atoms with E-state index >= 15 is 0 Å². The molecule has 0 radical (unpaired) electrons. The maximum atomic E-state index is 12.9. The average Bonchev–Trinajstić information content (AvgIpc) is 3.21. The molecule has 1 fully saturated rings. The van der Waals surface area contributed by atoms with Gasteiger partial charge in [-0.2, -0.15) is 5.26 Å². The molecule has 1 aromatic carbocycles. The summed E-state index contributed by atoms with van der Waals surface area (Å²) in [5.41, 5.74) is 3.67. The molecule has 6 nitrogen and oxygen atoms in total. The van der Waals surface area contributed by atoms with E-state index in [0.717, 1.165) is 54.4 Å². The predicted molar refractivity (Wildman–Crippen MR) is 123 cm³/mol. The van der Waals surface area contributed by atoms with Crippen molar-refractivity contribution in [2.24, 2.45) is 0 Å².